The SMILES string of the molecule is CCc1ccc2c(c1)c1cc(CC)ccc1[s+]2C.F[B-](F)(F)F. The molecule has 2 aromatic carbocycles. The Morgan fingerprint density at radius 1 is 0.783 bits per heavy atom. The second-order valence-corrected chi connectivity index (χ2v) is 7.27. The Morgan fingerprint density at radius 2 is 1.13 bits per heavy atom. The zero-order valence-corrected chi connectivity index (χ0v) is 14.2. The summed E-state index contributed by atoms with van der Waals surface area (Å²) in [6.45, 7) is 4.46. The molecule has 0 bridgehead atoms. The molecule has 0 spiro atoms. The summed E-state index contributed by atoms with van der Waals surface area (Å²) in [5.74, 6) is 0. The molecule has 124 valence electrons. The van der Waals surface area contributed by atoms with Gasteiger partial charge >= 0.3 is 7.25 Å². The van der Waals surface area contributed by atoms with Gasteiger partial charge in [0.25, 0.3) is 0 Å². The van der Waals surface area contributed by atoms with Gasteiger partial charge in [-0.25, -0.2) is 0 Å². The number of aryl methyl sites for hydroxylation is 3. The van der Waals surface area contributed by atoms with Crippen LogP contribution in [-0.4, -0.2) is 7.25 Å². The average Bonchev–Trinajstić information content (AvgIpc) is 2.77. The Labute approximate surface area is 136 Å². The van der Waals surface area contributed by atoms with Crippen molar-refractivity contribution in [2.45, 2.75) is 26.7 Å². The lowest BCUT2D eigenvalue weighted by atomic mass is 10.1. The molecule has 0 amide bonds. The number of benzene rings is 2. The first-order chi connectivity index (χ1) is 10.7. The standard InChI is InChI=1S/C17H19S.BF4/c1-4-12-6-8-16-14(10-12)15-11-13(5-2)7-9-17(15)18(16)3;2-1(3,4)5/h6-11H,4-5H2,1-3H3;/q+1;-1. The van der Waals surface area contributed by atoms with E-state index >= 15 is 0 Å². The topological polar surface area (TPSA) is 0 Å². The van der Waals surface area contributed by atoms with E-state index in [2.05, 4.69) is 56.5 Å². The van der Waals surface area contributed by atoms with Crippen molar-refractivity contribution < 1.29 is 17.3 Å². The maximum absolute atomic E-state index is 9.75. The minimum atomic E-state index is -6.00. The number of fused-ring (bicyclic) bond motifs is 3. The van der Waals surface area contributed by atoms with Crippen molar-refractivity contribution in [3.8, 4) is 0 Å². The third-order valence-electron chi connectivity index (χ3n) is 3.85. The third-order valence-corrected chi connectivity index (χ3v) is 5.89. The number of rotatable bonds is 2. The fourth-order valence-corrected chi connectivity index (χ4v) is 4.45. The van der Waals surface area contributed by atoms with Gasteiger partial charge in [0, 0.05) is 10.8 Å². The summed E-state index contributed by atoms with van der Waals surface area (Å²) in [7, 11) is -5.74. The van der Waals surface area contributed by atoms with Crippen molar-refractivity contribution in [3.05, 3.63) is 47.5 Å². The van der Waals surface area contributed by atoms with Crippen LogP contribution in [0.2, 0.25) is 0 Å². The fourth-order valence-electron chi connectivity index (χ4n) is 2.67. The summed E-state index contributed by atoms with van der Waals surface area (Å²) in [4.78, 5) is 0. The molecule has 0 aliphatic rings. The first-order valence-corrected chi connectivity index (χ1v) is 9.17. The second kappa shape index (κ2) is 6.91. The van der Waals surface area contributed by atoms with E-state index in [4.69, 9.17) is 0 Å². The van der Waals surface area contributed by atoms with Crippen LogP contribution >= 0.6 is 10.5 Å². The van der Waals surface area contributed by atoms with E-state index in [1.54, 1.807) is 0 Å². The first kappa shape index (κ1) is 17.8. The predicted octanol–water partition coefficient (Wildman–Crippen LogP) is 6.70. The third kappa shape index (κ3) is 4.25. The molecular formula is C17H19BF4S. The molecule has 0 atom stereocenters. The number of halogens is 4. The van der Waals surface area contributed by atoms with Crippen LogP contribution in [0.15, 0.2) is 36.4 Å². The van der Waals surface area contributed by atoms with Gasteiger partial charge in [-0.1, -0.05) is 26.0 Å². The number of hydrogen-bond donors (Lipinski definition) is 0. The molecule has 0 N–H and O–H groups in total. The van der Waals surface area contributed by atoms with E-state index in [0.29, 0.717) is 0 Å². The van der Waals surface area contributed by atoms with Gasteiger partial charge in [-0.2, -0.15) is 0 Å². The summed E-state index contributed by atoms with van der Waals surface area (Å²) in [6.07, 6.45) is 4.59. The largest absolute Gasteiger partial charge is 0.673 e. The molecule has 0 saturated carbocycles. The zero-order chi connectivity index (χ0) is 17.2. The van der Waals surface area contributed by atoms with Crippen LogP contribution < -0.4 is 0 Å². The lowest BCUT2D eigenvalue weighted by Crippen LogP contribution is -2.02. The highest BCUT2D eigenvalue weighted by Crippen LogP contribution is 2.41. The van der Waals surface area contributed by atoms with Crippen LogP contribution in [0.4, 0.5) is 17.3 Å². The molecule has 1 heterocycles. The average molecular weight is 342 g/mol. The summed E-state index contributed by atoms with van der Waals surface area (Å²) in [5, 5.41) is 2.95. The van der Waals surface area contributed by atoms with E-state index in [0.717, 1.165) is 12.8 Å². The highest BCUT2D eigenvalue weighted by atomic mass is 32.2. The summed E-state index contributed by atoms with van der Waals surface area (Å²) < 4.78 is 42.0. The smallest absolute Gasteiger partial charge is 0.418 e. The Morgan fingerprint density at radius 3 is 1.43 bits per heavy atom. The lowest BCUT2D eigenvalue weighted by Gasteiger charge is -1.96. The number of hydrogen-bond acceptors (Lipinski definition) is 0. The van der Waals surface area contributed by atoms with Gasteiger partial charge < -0.3 is 17.3 Å². The van der Waals surface area contributed by atoms with Crippen LogP contribution in [0.5, 0.6) is 0 Å². The van der Waals surface area contributed by atoms with Crippen molar-refractivity contribution in [2.75, 3.05) is 0 Å². The van der Waals surface area contributed by atoms with Crippen LogP contribution in [0.3, 0.4) is 0 Å². The maximum atomic E-state index is 9.75. The summed E-state index contributed by atoms with van der Waals surface area (Å²) in [6, 6.07) is 14.0. The molecule has 23 heavy (non-hydrogen) atoms. The van der Waals surface area contributed by atoms with Gasteiger partial charge in [0.15, 0.2) is 9.40 Å². The molecule has 0 aliphatic heterocycles. The van der Waals surface area contributed by atoms with Crippen molar-refractivity contribution in [2.24, 2.45) is 6.26 Å². The molecule has 1 aromatic heterocycles. The molecular weight excluding hydrogens is 323 g/mol. The molecule has 0 radical (unpaired) electrons. The predicted molar refractivity (Wildman–Crippen MR) is 93.9 cm³/mol. The van der Waals surface area contributed by atoms with E-state index < -0.39 is 7.25 Å². The monoisotopic (exact) mass is 342 g/mol. The van der Waals surface area contributed by atoms with Crippen molar-refractivity contribution in [1.82, 2.24) is 0 Å². The highest BCUT2D eigenvalue weighted by molar-refractivity contribution is 7.41. The van der Waals surface area contributed by atoms with Crippen LogP contribution in [0, 0.1) is 0 Å². The Balaban J connectivity index is 0.000000338. The minimum absolute atomic E-state index is 0.257. The quantitative estimate of drug-likeness (QED) is 0.276. The normalized spacial score (nSPS) is 11.6. The molecule has 0 fully saturated rings. The molecule has 3 rings (SSSR count). The van der Waals surface area contributed by atoms with Crippen LogP contribution in [0.25, 0.3) is 20.2 Å². The fraction of sp³-hybridized carbons (Fsp3) is 0.294. The van der Waals surface area contributed by atoms with Crippen molar-refractivity contribution in [3.63, 3.8) is 0 Å². The Bertz CT molecular complexity index is 753. The molecule has 6 heteroatoms. The maximum Gasteiger partial charge on any atom is 0.673 e. The summed E-state index contributed by atoms with van der Waals surface area (Å²) >= 11 is 0. The van der Waals surface area contributed by atoms with Gasteiger partial charge in [-0.05, 0) is 58.7 Å². The summed E-state index contributed by atoms with van der Waals surface area (Å²) in [5.41, 5.74) is 2.89. The molecule has 3 aromatic rings. The van der Waals surface area contributed by atoms with E-state index in [1.807, 2.05) is 0 Å². The second-order valence-electron chi connectivity index (χ2n) is 5.37. The van der Waals surface area contributed by atoms with Crippen LogP contribution in [-0.2, 0) is 19.1 Å². The van der Waals surface area contributed by atoms with Gasteiger partial charge in [0.05, 0.1) is 0 Å². The van der Waals surface area contributed by atoms with Crippen LogP contribution in [0.1, 0.15) is 25.0 Å². The zero-order valence-electron chi connectivity index (χ0n) is 13.4. The van der Waals surface area contributed by atoms with Crippen molar-refractivity contribution >= 4 is 37.9 Å². The number of thiophene rings is 1. The molecule has 0 nitrogen and oxygen atoms in total. The minimum Gasteiger partial charge on any atom is -0.418 e. The Kier molecular flexibility index (Phi) is 5.35. The van der Waals surface area contributed by atoms with Gasteiger partial charge in [-0.3, -0.25) is 0 Å². The van der Waals surface area contributed by atoms with E-state index in [1.165, 1.54) is 31.3 Å². The highest BCUT2D eigenvalue weighted by Gasteiger charge is 2.20. The van der Waals surface area contributed by atoms with E-state index in [-0.39, 0.29) is 10.5 Å². The van der Waals surface area contributed by atoms with Gasteiger partial charge in [0.1, 0.15) is 6.26 Å². The van der Waals surface area contributed by atoms with E-state index in [9.17, 15) is 17.3 Å². The molecule has 0 saturated heterocycles. The molecule has 0 unspecified atom stereocenters. The van der Waals surface area contributed by atoms with Gasteiger partial charge in [0.2, 0.25) is 0 Å². The van der Waals surface area contributed by atoms with Gasteiger partial charge in [-0.15, -0.1) is 0 Å². The first-order valence-electron chi connectivity index (χ1n) is 7.54. The lowest BCUT2D eigenvalue weighted by molar-refractivity contribution is 0.368. The Hall–Kier alpha value is -1.56. The molecule has 0 aliphatic carbocycles. The van der Waals surface area contributed by atoms with Crippen molar-refractivity contribution in [1.29, 1.82) is 0 Å².